The Morgan fingerprint density at radius 3 is 2.44 bits per heavy atom. The highest BCUT2D eigenvalue weighted by Gasteiger charge is 2.34. The minimum atomic E-state index is -1.28. The van der Waals surface area contributed by atoms with Gasteiger partial charge in [-0.3, -0.25) is 9.69 Å². The second kappa shape index (κ2) is 9.38. The molecule has 3 aromatic carbocycles. The number of amidine groups is 1. The topological polar surface area (TPSA) is 72.8 Å². The summed E-state index contributed by atoms with van der Waals surface area (Å²) in [7, 11) is 0. The Bertz CT molecular complexity index is 1220. The fraction of sp³-hybridized carbons (Fsp3) is 0.0417. The summed E-state index contributed by atoms with van der Waals surface area (Å²) in [6.45, 7) is 0.160. The normalized spacial score (nSPS) is 16.2. The highest BCUT2D eigenvalue weighted by Crippen LogP contribution is 2.36. The molecular formula is C24H15ClFN2O3S-. The Balaban J connectivity index is 1.71. The number of aromatic carboxylic acids is 1. The quantitative estimate of drug-likeness (QED) is 0.514. The van der Waals surface area contributed by atoms with Gasteiger partial charge in [0.25, 0.3) is 5.91 Å². The van der Waals surface area contributed by atoms with E-state index in [-0.39, 0.29) is 33.5 Å². The van der Waals surface area contributed by atoms with Crippen molar-refractivity contribution in [1.29, 1.82) is 0 Å². The molecule has 160 valence electrons. The highest BCUT2D eigenvalue weighted by molar-refractivity contribution is 8.18. The van der Waals surface area contributed by atoms with Crippen molar-refractivity contribution in [3.8, 4) is 0 Å². The number of rotatable bonds is 5. The first kappa shape index (κ1) is 21.8. The second-order valence-electron chi connectivity index (χ2n) is 6.85. The summed E-state index contributed by atoms with van der Waals surface area (Å²) in [6, 6.07) is 19.5. The van der Waals surface area contributed by atoms with E-state index in [9.17, 15) is 19.1 Å². The van der Waals surface area contributed by atoms with Crippen LogP contribution in [0, 0.1) is 5.82 Å². The van der Waals surface area contributed by atoms with Gasteiger partial charge in [0.15, 0.2) is 5.17 Å². The molecule has 1 saturated heterocycles. The van der Waals surface area contributed by atoms with E-state index in [2.05, 4.69) is 4.99 Å². The molecule has 32 heavy (non-hydrogen) atoms. The van der Waals surface area contributed by atoms with Gasteiger partial charge in [-0.1, -0.05) is 60.1 Å². The molecule has 1 fully saturated rings. The van der Waals surface area contributed by atoms with E-state index in [1.807, 2.05) is 18.2 Å². The number of nitrogens with zero attached hydrogens (tertiary/aromatic N) is 2. The molecular weight excluding hydrogens is 451 g/mol. The van der Waals surface area contributed by atoms with Crippen LogP contribution in [0.1, 0.15) is 21.5 Å². The number of benzene rings is 3. The summed E-state index contributed by atoms with van der Waals surface area (Å²) >= 11 is 7.25. The number of halogens is 2. The molecule has 0 spiro atoms. The fourth-order valence-corrected chi connectivity index (χ4v) is 4.25. The maximum Gasteiger partial charge on any atom is 0.267 e. The number of carboxylic acids is 1. The van der Waals surface area contributed by atoms with Crippen LogP contribution in [0.25, 0.3) is 6.08 Å². The zero-order chi connectivity index (χ0) is 22.7. The first-order chi connectivity index (χ1) is 15.4. The largest absolute Gasteiger partial charge is 0.545 e. The van der Waals surface area contributed by atoms with Crippen molar-refractivity contribution in [2.45, 2.75) is 6.54 Å². The van der Waals surface area contributed by atoms with E-state index >= 15 is 0 Å². The molecule has 0 aromatic heterocycles. The van der Waals surface area contributed by atoms with Gasteiger partial charge in [-0.15, -0.1) is 0 Å². The van der Waals surface area contributed by atoms with Crippen LogP contribution in [0.5, 0.6) is 0 Å². The predicted molar refractivity (Wildman–Crippen MR) is 122 cm³/mol. The molecule has 3 aromatic rings. The van der Waals surface area contributed by atoms with E-state index in [0.717, 1.165) is 11.8 Å². The molecule has 0 aliphatic carbocycles. The Hall–Kier alpha value is -3.42. The number of hydrogen-bond donors (Lipinski definition) is 0. The monoisotopic (exact) mass is 465 g/mol. The van der Waals surface area contributed by atoms with Gasteiger partial charge in [0.05, 0.1) is 28.1 Å². The number of amides is 1. The minimum absolute atomic E-state index is 0.0452. The van der Waals surface area contributed by atoms with Crippen molar-refractivity contribution in [2.24, 2.45) is 4.99 Å². The van der Waals surface area contributed by atoms with Crippen LogP contribution in [0.2, 0.25) is 5.02 Å². The van der Waals surface area contributed by atoms with E-state index in [1.165, 1.54) is 35.2 Å². The zero-order valence-corrected chi connectivity index (χ0v) is 18.1. The van der Waals surface area contributed by atoms with Gasteiger partial charge in [-0.25, -0.2) is 9.38 Å². The number of carbonyl (C=O) groups excluding carboxylic acids is 2. The zero-order valence-electron chi connectivity index (χ0n) is 16.5. The summed E-state index contributed by atoms with van der Waals surface area (Å²) in [4.78, 5) is 30.5. The molecule has 8 heteroatoms. The molecule has 0 atom stereocenters. The van der Waals surface area contributed by atoms with Crippen molar-refractivity contribution < 1.29 is 19.1 Å². The smallest absolute Gasteiger partial charge is 0.267 e. The third-order valence-corrected chi connectivity index (χ3v) is 6.01. The van der Waals surface area contributed by atoms with E-state index in [4.69, 9.17) is 11.6 Å². The molecule has 0 unspecified atom stereocenters. The van der Waals surface area contributed by atoms with Gasteiger partial charge in [0.1, 0.15) is 5.82 Å². The lowest BCUT2D eigenvalue weighted by Crippen LogP contribution is -2.28. The lowest BCUT2D eigenvalue weighted by Gasteiger charge is -2.16. The number of carbonyl (C=O) groups is 2. The van der Waals surface area contributed by atoms with Crippen molar-refractivity contribution in [1.82, 2.24) is 4.90 Å². The van der Waals surface area contributed by atoms with Crippen LogP contribution in [0.3, 0.4) is 0 Å². The van der Waals surface area contributed by atoms with E-state index < -0.39 is 11.8 Å². The first-order valence-electron chi connectivity index (χ1n) is 9.52. The third kappa shape index (κ3) is 4.74. The van der Waals surface area contributed by atoms with E-state index in [0.29, 0.717) is 16.4 Å². The van der Waals surface area contributed by atoms with Crippen LogP contribution in [-0.2, 0) is 11.3 Å². The van der Waals surface area contributed by atoms with E-state index in [1.54, 1.807) is 30.3 Å². The maximum atomic E-state index is 14.3. The maximum absolute atomic E-state index is 14.3. The van der Waals surface area contributed by atoms with Crippen LogP contribution in [0.15, 0.2) is 82.7 Å². The lowest BCUT2D eigenvalue weighted by atomic mass is 10.1. The molecule has 1 aliphatic heterocycles. The summed E-state index contributed by atoms with van der Waals surface area (Å²) in [5, 5.41) is 11.6. The van der Waals surface area contributed by atoms with Gasteiger partial charge in [-0.2, -0.15) is 0 Å². The Labute approximate surface area is 192 Å². The highest BCUT2D eigenvalue weighted by atomic mass is 35.5. The number of hydrogen-bond acceptors (Lipinski definition) is 5. The molecule has 0 saturated carbocycles. The van der Waals surface area contributed by atoms with Crippen LogP contribution < -0.4 is 5.11 Å². The number of para-hydroxylation sites is 1. The third-order valence-electron chi connectivity index (χ3n) is 4.67. The van der Waals surface area contributed by atoms with Crippen molar-refractivity contribution >= 4 is 52.2 Å². The Kier molecular flexibility index (Phi) is 6.39. The summed E-state index contributed by atoms with van der Waals surface area (Å²) in [5.41, 5.74) is 1.54. The average molecular weight is 466 g/mol. The minimum Gasteiger partial charge on any atom is -0.545 e. The molecule has 5 nitrogen and oxygen atoms in total. The SMILES string of the molecule is O=C([O-])c1ccc(CN2C(=O)/C(=C/c3c(F)cccc3Cl)SC2=Nc2ccccc2)cc1. The molecule has 0 bridgehead atoms. The lowest BCUT2D eigenvalue weighted by molar-refractivity contribution is -0.255. The van der Waals surface area contributed by atoms with Crippen molar-refractivity contribution in [3.63, 3.8) is 0 Å². The van der Waals surface area contributed by atoms with Gasteiger partial charge in [-0.05, 0) is 53.2 Å². The second-order valence-corrected chi connectivity index (χ2v) is 8.27. The Morgan fingerprint density at radius 2 is 1.78 bits per heavy atom. The molecule has 4 rings (SSSR count). The molecule has 0 radical (unpaired) electrons. The fourth-order valence-electron chi connectivity index (χ4n) is 3.05. The van der Waals surface area contributed by atoms with Crippen LogP contribution in [0.4, 0.5) is 10.1 Å². The summed E-state index contributed by atoms with van der Waals surface area (Å²) in [6.07, 6.45) is 1.42. The molecule has 1 aliphatic rings. The average Bonchev–Trinajstić information content (AvgIpc) is 3.06. The Morgan fingerprint density at radius 1 is 1.06 bits per heavy atom. The predicted octanol–water partition coefficient (Wildman–Crippen LogP) is 4.65. The van der Waals surface area contributed by atoms with Crippen LogP contribution >= 0.6 is 23.4 Å². The molecule has 1 heterocycles. The molecule has 1 amide bonds. The number of aliphatic imine (C=N–C) groups is 1. The first-order valence-corrected chi connectivity index (χ1v) is 10.7. The van der Waals surface area contributed by atoms with Gasteiger partial charge >= 0.3 is 0 Å². The number of carboxylic acid groups (broad SMARTS) is 1. The van der Waals surface area contributed by atoms with Crippen molar-refractivity contribution in [2.75, 3.05) is 0 Å². The summed E-state index contributed by atoms with van der Waals surface area (Å²) in [5.74, 6) is -2.16. The van der Waals surface area contributed by atoms with Crippen LogP contribution in [-0.4, -0.2) is 21.9 Å². The van der Waals surface area contributed by atoms with Crippen molar-refractivity contribution in [3.05, 3.63) is 105 Å². The molecule has 0 N–H and O–H groups in total. The summed E-state index contributed by atoms with van der Waals surface area (Å²) < 4.78 is 14.3. The van der Waals surface area contributed by atoms with Gasteiger partial charge in [0, 0.05) is 5.56 Å². The van der Waals surface area contributed by atoms with Gasteiger partial charge in [0.2, 0.25) is 0 Å². The van der Waals surface area contributed by atoms with Gasteiger partial charge < -0.3 is 9.90 Å². The number of thioether (sulfide) groups is 1. The standard InChI is InChI=1S/C24H16ClFN2O3S/c25-19-7-4-8-20(26)18(19)13-21-22(29)28(14-15-9-11-16(12-10-15)23(30)31)24(32-21)27-17-5-2-1-3-6-17/h1-13H,14H2,(H,30,31)/p-1/b21-13-,27-24?.